The monoisotopic (exact) mass is 196 g/mol. The Morgan fingerprint density at radius 3 is 2.79 bits per heavy atom. The second-order valence-electron chi connectivity index (χ2n) is 2.83. The van der Waals surface area contributed by atoms with Crippen LogP contribution in [-0.2, 0) is 16.0 Å². The van der Waals surface area contributed by atoms with Crippen molar-refractivity contribution >= 4 is 5.97 Å². The number of carbonyl (C=O) groups is 1. The van der Waals surface area contributed by atoms with Gasteiger partial charge in [-0.2, -0.15) is 0 Å². The summed E-state index contributed by atoms with van der Waals surface area (Å²) in [4.78, 5) is 18.9. The van der Waals surface area contributed by atoms with E-state index in [-0.39, 0.29) is 6.42 Å². The van der Waals surface area contributed by atoms with Gasteiger partial charge in [-0.25, -0.2) is 4.79 Å². The molecule has 0 spiro atoms. The summed E-state index contributed by atoms with van der Waals surface area (Å²) in [6.07, 6.45) is 2.04. The van der Waals surface area contributed by atoms with Gasteiger partial charge in [-0.15, -0.1) is 0 Å². The summed E-state index contributed by atoms with van der Waals surface area (Å²) in [5.74, 6) is -0.657. The van der Waals surface area contributed by atoms with Gasteiger partial charge < -0.3 is 9.84 Å². The summed E-state index contributed by atoms with van der Waals surface area (Å²) in [6, 6.07) is 0. The van der Waals surface area contributed by atoms with Gasteiger partial charge in [0, 0.05) is 18.8 Å². The highest BCUT2D eigenvalue weighted by atomic mass is 16.5. The van der Waals surface area contributed by atoms with Crippen molar-refractivity contribution in [2.75, 3.05) is 7.11 Å². The predicted molar refractivity (Wildman–Crippen MR) is 48.5 cm³/mol. The number of rotatable bonds is 3. The van der Waals surface area contributed by atoms with Gasteiger partial charge in [0.15, 0.2) is 6.10 Å². The SMILES string of the molecule is COC(=O)C(O)Cc1nccnc1C. The molecule has 0 bridgehead atoms. The number of ether oxygens (including phenoxy) is 1. The number of hydrogen-bond donors (Lipinski definition) is 1. The molecule has 1 atom stereocenters. The van der Waals surface area contributed by atoms with E-state index >= 15 is 0 Å². The molecule has 0 aromatic carbocycles. The zero-order chi connectivity index (χ0) is 10.6. The third-order valence-electron chi connectivity index (χ3n) is 1.84. The fourth-order valence-electron chi connectivity index (χ4n) is 1.04. The molecule has 1 unspecified atom stereocenters. The quantitative estimate of drug-likeness (QED) is 0.681. The second-order valence-corrected chi connectivity index (χ2v) is 2.83. The third kappa shape index (κ3) is 2.50. The predicted octanol–water partition coefficient (Wildman–Crippen LogP) is -0.139. The Balaban J connectivity index is 2.69. The number of nitrogens with zero attached hydrogens (tertiary/aromatic N) is 2. The lowest BCUT2D eigenvalue weighted by Gasteiger charge is -2.08. The van der Waals surface area contributed by atoms with Crippen LogP contribution in [0.5, 0.6) is 0 Å². The lowest BCUT2D eigenvalue weighted by molar-refractivity contribution is -0.150. The number of aromatic nitrogens is 2. The van der Waals surface area contributed by atoms with Crippen LogP contribution in [0.1, 0.15) is 11.4 Å². The van der Waals surface area contributed by atoms with Gasteiger partial charge in [0.1, 0.15) is 0 Å². The maximum Gasteiger partial charge on any atom is 0.335 e. The van der Waals surface area contributed by atoms with Gasteiger partial charge in [-0.3, -0.25) is 9.97 Å². The van der Waals surface area contributed by atoms with Crippen LogP contribution in [-0.4, -0.2) is 34.3 Å². The first kappa shape index (κ1) is 10.6. The minimum absolute atomic E-state index is 0.131. The van der Waals surface area contributed by atoms with E-state index < -0.39 is 12.1 Å². The van der Waals surface area contributed by atoms with Gasteiger partial charge in [0.05, 0.1) is 18.5 Å². The highest BCUT2D eigenvalue weighted by molar-refractivity contribution is 5.74. The molecule has 0 saturated carbocycles. The Hall–Kier alpha value is -1.49. The Labute approximate surface area is 81.8 Å². The van der Waals surface area contributed by atoms with Gasteiger partial charge in [-0.05, 0) is 6.92 Å². The van der Waals surface area contributed by atoms with Crippen LogP contribution >= 0.6 is 0 Å². The fourth-order valence-corrected chi connectivity index (χ4v) is 1.04. The first-order valence-electron chi connectivity index (χ1n) is 4.17. The smallest absolute Gasteiger partial charge is 0.335 e. The fraction of sp³-hybridized carbons (Fsp3) is 0.444. The normalized spacial score (nSPS) is 12.2. The molecule has 0 aliphatic carbocycles. The van der Waals surface area contributed by atoms with Crippen LogP contribution in [0, 0.1) is 6.92 Å². The van der Waals surface area contributed by atoms with Crippen molar-refractivity contribution in [3.05, 3.63) is 23.8 Å². The summed E-state index contributed by atoms with van der Waals surface area (Å²) < 4.78 is 4.39. The summed E-state index contributed by atoms with van der Waals surface area (Å²) in [6.45, 7) is 1.77. The van der Waals surface area contributed by atoms with Crippen LogP contribution in [0.25, 0.3) is 0 Å². The van der Waals surface area contributed by atoms with E-state index in [4.69, 9.17) is 0 Å². The van der Waals surface area contributed by atoms with Crippen molar-refractivity contribution in [1.82, 2.24) is 9.97 Å². The largest absolute Gasteiger partial charge is 0.467 e. The number of methoxy groups -OCH3 is 1. The lowest BCUT2D eigenvalue weighted by Crippen LogP contribution is -2.25. The molecule has 0 fully saturated rings. The van der Waals surface area contributed by atoms with E-state index in [0.717, 1.165) is 0 Å². The van der Waals surface area contributed by atoms with E-state index in [1.807, 2.05) is 0 Å². The average molecular weight is 196 g/mol. The van der Waals surface area contributed by atoms with E-state index in [1.54, 1.807) is 13.1 Å². The Morgan fingerprint density at radius 1 is 1.57 bits per heavy atom. The van der Waals surface area contributed by atoms with E-state index in [0.29, 0.717) is 11.4 Å². The third-order valence-corrected chi connectivity index (χ3v) is 1.84. The molecule has 1 heterocycles. The van der Waals surface area contributed by atoms with Crippen molar-refractivity contribution < 1.29 is 14.6 Å². The molecule has 1 N–H and O–H groups in total. The topological polar surface area (TPSA) is 72.3 Å². The van der Waals surface area contributed by atoms with E-state index in [1.165, 1.54) is 13.3 Å². The van der Waals surface area contributed by atoms with Gasteiger partial charge in [0.25, 0.3) is 0 Å². The summed E-state index contributed by atoms with van der Waals surface area (Å²) >= 11 is 0. The van der Waals surface area contributed by atoms with Crippen molar-refractivity contribution in [2.45, 2.75) is 19.4 Å². The van der Waals surface area contributed by atoms with Crippen molar-refractivity contribution in [3.63, 3.8) is 0 Å². The van der Waals surface area contributed by atoms with Crippen LogP contribution in [0.4, 0.5) is 0 Å². The summed E-state index contributed by atoms with van der Waals surface area (Å²) in [7, 11) is 1.23. The Bertz CT molecular complexity index is 328. The maximum absolute atomic E-state index is 10.9. The molecule has 14 heavy (non-hydrogen) atoms. The first-order valence-corrected chi connectivity index (χ1v) is 4.17. The molecule has 5 nitrogen and oxygen atoms in total. The minimum atomic E-state index is -1.17. The number of esters is 1. The molecule has 0 amide bonds. The van der Waals surface area contributed by atoms with E-state index in [2.05, 4.69) is 14.7 Å². The molecule has 0 aliphatic rings. The zero-order valence-electron chi connectivity index (χ0n) is 8.10. The zero-order valence-corrected chi connectivity index (χ0v) is 8.10. The molecule has 1 aromatic rings. The molecular formula is C9H12N2O3. The minimum Gasteiger partial charge on any atom is -0.467 e. The van der Waals surface area contributed by atoms with Crippen molar-refractivity contribution in [3.8, 4) is 0 Å². The standard InChI is InChI=1S/C9H12N2O3/c1-6-7(11-4-3-10-6)5-8(12)9(13)14-2/h3-4,8,12H,5H2,1-2H3. The first-order chi connectivity index (χ1) is 6.65. The Kier molecular flexibility index (Phi) is 3.53. The highest BCUT2D eigenvalue weighted by Crippen LogP contribution is 2.04. The van der Waals surface area contributed by atoms with Crippen LogP contribution < -0.4 is 0 Å². The maximum atomic E-state index is 10.9. The number of carbonyl (C=O) groups excluding carboxylic acids is 1. The molecule has 76 valence electrons. The van der Waals surface area contributed by atoms with Gasteiger partial charge >= 0.3 is 5.97 Å². The molecule has 1 rings (SSSR count). The molecule has 5 heteroatoms. The number of aliphatic hydroxyl groups is 1. The van der Waals surface area contributed by atoms with Gasteiger partial charge in [-0.1, -0.05) is 0 Å². The number of aliphatic hydroxyl groups excluding tert-OH is 1. The van der Waals surface area contributed by atoms with Crippen molar-refractivity contribution in [2.24, 2.45) is 0 Å². The van der Waals surface area contributed by atoms with E-state index in [9.17, 15) is 9.90 Å². The van der Waals surface area contributed by atoms with Crippen LogP contribution in [0.3, 0.4) is 0 Å². The second kappa shape index (κ2) is 4.66. The lowest BCUT2D eigenvalue weighted by atomic mass is 10.1. The highest BCUT2D eigenvalue weighted by Gasteiger charge is 2.17. The molecule has 0 radical (unpaired) electrons. The summed E-state index contributed by atoms with van der Waals surface area (Å²) in [5, 5.41) is 9.35. The van der Waals surface area contributed by atoms with Crippen LogP contribution in [0.2, 0.25) is 0 Å². The van der Waals surface area contributed by atoms with Crippen molar-refractivity contribution in [1.29, 1.82) is 0 Å². The number of aryl methyl sites for hydroxylation is 1. The van der Waals surface area contributed by atoms with Crippen LogP contribution in [0.15, 0.2) is 12.4 Å². The molecular weight excluding hydrogens is 184 g/mol. The average Bonchev–Trinajstić information content (AvgIpc) is 2.20. The molecule has 0 aliphatic heterocycles. The van der Waals surface area contributed by atoms with Gasteiger partial charge in [0.2, 0.25) is 0 Å². The Morgan fingerprint density at radius 2 is 2.21 bits per heavy atom. The summed E-state index contributed by atoms with van der Waals surface area (Å²) in [5.41, 5.74) is 1.31. The molecule has 0 saturated heterocycles. The number of hydrogen-bond acceptors (Lipinski definition) is 5. The molecule has 1 aromatic heterocycles.